The van der Waals surface area contributed by atoms with Crippen molar-refractivity contribution in [2.45, 2.75) is 76.7 Å². The summed E-state index contributed by atoms with van der Waals surface area (Å²) in [5, 5.41) is 19.1. The Morgan fingerprint density at radius 3 is 2.82 bits per heavy atom. The van der Waals surface area contributed by atoms with Crippen LogP contribution >= 0.6 is 0 Å². The summed E-state index contributed by atoms with van der Waals surface area (Å²) < 4.78 is 11.2. The molecule has 0 bridgehead atoms. The molecule has 0 aromatic heterocycles. The third-order valence-electron chi connectivity index (χ3n) is 3.88. The molecule has 2 N–H and O–H groups in total. The second-order valence-electron chi connectivity index (χ2n) is 5.28. The first kappa shape index (κ1) is 13.3. The van der Waals surface area contributed by atoms with Crippen molar-refractivity contribution in [3.8, 4) is 0 Å². The van der Waals surface area contributed by atoms with Gasteiger partial charge in [-0.2, -0.15) is 0 Å². The highest BCUT2D eigenvalue weighted by Crippen LogP contribution is 2.36. The molecule has 17 heavy (non-hydrogen) atoms. The molecule has 0 spiro atoms. The summed E-state index contributed by atoms with van der Waals surface area (Å²) in [6.07, 6.45) is 5.27. The van der Waals surface area contributed by atoms with Gasteiger partial charge in [-0.25, -0.2) is 0 Å². The second kappa shape index (κ2) is 6.14. The first-order chi connectivity index (χ1) is 8.19. The molecule has 1 saturated heterocycles. The minimum atomic E-state index is -0.643. The highest BCUT2D eigenvalue weighted by Gasteiger charge is 2.36. The Labute approximate surface area is 103 Å². The third-order valence-corrected chi connectivity index (χ3v) is 3.88. The first-order valence-electron chi connectivity index (χ1n) is 6.86. The predicted octanol–water partition coefficient (Wildman–Crippen LogP) is 1.79. The summed E-state index contributed by atoms with van der Waals surface area (Å²) in [7, 11) is 0. The standard InChI is InChI=1S/C13H24O4/c1-2-3-12(14)16-10-6-4-9-5-7-13(15)17-11(9)8-10/h9-15H,2-8H2,1H3. The number of hydrogen-bond donors (Lipinski definition) is 2. The fourth-order valence-corrected chi connectivity index (χ4v) is 2.94. The normalized spacial score (nSPS) is 39.7. The fraction of sp³-hybridized carbons (Fsp3) is 1.00. The molecule has 0 aromatic carbocycles. The summed E-state index contributed by atoms with van der Waals surface area (Å²) >= 11 is 0. The molecule has 2 aliphatic rings. The Balaban J connectivity index is 1.79. The zero-order chi connectivity index (χ0) is 12.3. The molecule has 2 rings (SSSR count). The Hall–Kier alpha value is -0.160. The van der Waals surface area contributed by atoms with Crippen molar-refractivity contribution < 1.29 is 19.7 Å². The van der Waals surface area contributed by atoms with Gasteiger partial charge in [0.2, 0.25) is 0 Å². The maximum absolute atomic E-state index is 9.64. The van der Waals surface area contributed by atoms with Gasteiger partial charge in [-0.1, -0.05) is 13.3 Å². The van der Waals surface area contributed by atoms with Gasteiger partial charge in [0.05, 0.1) is 12.2 Å². The van der Waals surface area contributed by atoms with Crippen molar-refractivity contribution in [2.75, 3.05) is 0 Å². The van der Waals surface area contributed by atoms with Gasteiger partial charge in [-0.15, -0.1) is 0 Å². The molecule has 0 radical (unpaired) electrons. The molecule has 5 unspecified atom stereocenters. The first-order valence-corrected chi connectivity index (χ1v) is 6.86. The van der Waals surface area contributed by atoms with Crippen molar-refractivity contribution in [2.24, 2.45) is 5.92 Å². The lowest BCUT2D eigenvalue weighted by atomic mass is 9.80. The zero-order valence-electron chi connectivity index (χ0n) is 10.5. The topological polar surface area (TPSA) is 58.9 Å². The van der Waals surface area contributed by atoms with Crippen LogP contribution in [0.1, 0.15) is 51.9 Å². The summed E-state index contributed by atoms with van der Waals surface area (Å²) in [5.74, 6) is 0.571. The summed E-state index contributed by atoms with van der Waals surface area (Å²) in [5.41, 5.74) is 0. The lowest BCUT2D eigenvalue weighted by molar-refractivity contribution is -0.219. The monoisotopic (exact) mass is 244 g/mol. The highest BCUT2D eigenvalue weighted by molar-refractivity contribution is 4.84. The number of hydrogen-bond acceptors (Lipinski definition) is 4. The Morgan fingerprint density at radius 1 is 1.29 bits per heavy atom. The van der Waals surface area contributed by atoms with E-state index in [1.807, 2.05) is 6.92 Å². The number of aliphatic hydroxyl groups excluding tert-OH is 2. The molecule has 0 amide bonds. The van der Waals surface area contributed by atoms with E-state index in [9.17, 15) is 10.2 Å². The van der Waals surface area contributed by atoms with Crippen LogP contribution in [0, 0.1) is 5.92 Å². The Bertz CT molecular complexity index is 233. The number of ether oxygens (including phenoxy) is 2. The van der Waals surface area contributed by atoms with Gasteiger partial charge in [-0.3, -0.25) is 0 Å². The minimum absolute atomic E-state index is 0.0862. The highest BCUT2D eigenvalue weighted by atomic mass is 16.6. The Morgan fingerprint density at radius 2 is 2.06 bits per heavy atom. The van der Waals surface area contributed by atoms with Crippen LogP contribution in [0.4, 0.5) is 0 Å². The van der Waals surface area contributed by atoms with Gasteiger partial charge < -0.3 is 19.7 Å². The van der Waals surface area contributed by atoms with Crippen LogP contribution in [0.15, 0.2) is 0 Å². The zero-order valence-corrected chi connectivity index (χ0v) is 10.5. The molecule has 5 atom stereocenters. The van der Waals surface area contributed by atoms with E-state index in [4.69, 9.17) is 9.47 Å². The molecule has 0 aromatic rings. The van der Waals surface area contributed by atoms with Gasteiger partial charge in [0.15, 0.2) is 12.6 Å². The number of aliphatic hydroxyl groups is 2. The molecule has 1 heterocycles. The quantitative estimate of drug-likeness (QED) is 0.740. The van der Waals surface area contributed by atoms with E-state index in [1.54, 1.807) is 0 Å². The molecule has 100 valence electrons. The van der Waals surface area contributed by atoms with Gasteiger partial charge in [0.1, 0.15) is 0 Å². The largest absolute Gasteiger partial charge is 0.368 e. The van der Waals surface area contributed by atoms with E-state index in [-0.39, 0.29) is 12.2 Å². The Kier molecular flexibility index (Phi) is 4.79. The van der Waals surface area contributed by atoms with Crippen LogP contribution < -0.4 is 0 Å². The van der Waals surface area contributed by atoms with Crippen LogP contribution in [-0.2, 0) is 9.47 Å². The van der Waals surface area contributed by atoms with Crippen molar-refractivity contribution in [1.29, 1.82) is 0 Å². The van der Waals surface area contributed by atoms with Crippen molar-refractivity contribution in [1.82, 2.24) is 0 Å². The number of rotatable bonds is 4. The summed E-state index contributed by atoms with van der Waals surface area (Å²) in [6, 6.07) is 0. The summed E-state index contributed by atoms with van der Waals surface area (Å²) in [4.78, 5) is 0. The average molecular weight is 244 g/mol. The minimum Gasteiger partial charge on any atom is -0.368 e. The van der Waals surface area contributed by atoms with Crippen molar-refractivity contribution >= 4 is 0 Å². The molecule has 1 saturated carbocycles. The SMILES string of the molecule is CCCC(O)OC1CCC2CCC(O)OC2C1. The van der Waals surface area contributed by atoms with Gasteiger partial charge >= 0.3 is 0 Å². The maximum atomic E-state index is 9.64. The lowest BCUT2D eigenvalue weighted by Crippen LogP contribution is -2.42. The maximum Gasteiger partial charge on any atom is 0.154 e. The molecular weight excluding hydrogens is 220 g/mol. The van der Waals surface area contributed by atoms with E-state index < -0.39 is 12.6 Å². The molecule has 4 heteroatoms. The van der Waals surface area contributed by atoms with Gasteiger partial charge in [0, 0.05) is 6.42 Å². The van der Waals surface area contributed by atoms with Crippen LogP contribution in [0.25, 0.3) is 0 Å². The third kappa shape index (κ3) is 3.65. The smallest absolute Gasteiger partial charge is 0.154 e. The average Bonchev–Trinajstić information content (AvgIpc) is 2.28. The van der Waals surface area contributed by atoms with Crippen molar-refractivity contribution in [3.05, 3.63) is 0 Å². The van der Waals surface area contributed by atoms with E-state index in [2.05, 4.69) is 0 Å². The molecule has 2 fully saturated rings. The van der Waals surface area contributed by atoms with Crippen molar-refractivity contribution in [3.63, 3.8) is 0 Å². The van der Waals surface area contributed by atoms with E-state index in [1.165, 1.54) is 0 Å². The van der Waals surface area contributed by atoms with E-state index >= 15 is 0 Å². The lowest BCUT2D eigenvalue weighted by Gasteiger charge is -2.41. The van der Waals surface area contributed by atoms with Crippen LogP contribution in [0.3, 0.4) is 0 Å². The van der Waals surface area contributed by atoms with Gasteiger partial charge in [-0.05, 0) is 38.0 Å². The number of fused-ring (bicyclic) bond motifs is 1. The van der Waals surface area contributed by atoms with Crippen LogP contribution in [0.5, 0.6) is 0 Å². The fourth-order valence-electron chi connectivity index (χ4n) is 2.94. The summed E-state index contributed by atoms with van der Waals surface area (Å²) in [6.45, 7) is 2.03. The predicted molar refractivity (Wildman–Crippen MR) is 63.2 cm³/mol. The molecule has 4 nitrogen and oxygen atoms in total. The molecular formula is C13H24O4. The van der Waals surface area contributed by atoms with Gasteiger partial charge in [0.25, 0.3) is 0 Å². The molecule has 1 aliphatic heterocycles. The van der Waals surface area contributed by atoms with E-state index in [0.29, 0.717) is 12.3 Å². The second-order valence-corrected chi connectivity index (χ2v) is 5.28. The molecule has 1 aliphatic carbocycles. The van der Waals surface area contributed by atoms with Crippen LogP contribution in [0.2, 0.25) is 0 Å². The van der Waals surface area contributed by atoms with E-state index in [0.717, 1.165) is 38.5 Å². The van der Waals surface area contributed by atoms with Crippen LogP contribution in [-0.4, -0.2) is 35.0 Å².